The minimum absolute atomic E-state index is 0.0344. The average Bonchev–Trinajstić information content (AvgIpc) is 2.77. The number of H-pyrrole nitrogens is 1. The maximum absolute atomic E-state index is 12.0. The number of rotatable bonds is 7. The van der Waals surface area contributed by atoms with Crippen LogP contribution in [0.1, 0.15) is 50.0 Å². The molecule has 3 N–H and O–H groups in total. The summed E-state index contributed by atoms with van der Waals surface area (Å²) in [5.74, 6) is -0.969. The van der Waals surface area contributed by atoms with Crippen LogP contribution < -0.4 is 5.32 Å². The molecule has 0 aliphatic carbocycles. The third kappa shape index (κ3) is 3.87. The van der Waals surface area contributed by atoms with Crippen molar-refractivity contribution in [3.8, 4) is 0 Å². The Hall–Kier alpha value is -1.85. The van der Waals surface area contributed by atoms with Crippen LogP contribution in [-0.2, 0) is 4.79 Å². The van der Waals surface area contributed by atoms with E-state index in [0.717, 1.165) is 25.7 Å². The molecular weight excluding hydrogens is 234 g/mol. The molecule has 0 saturated heterocycles. The van der Waals surface area contributed by atoms with Crippen LogP contribution in [-0.4, -0.2) is 27.2 Å². The first-order valence-corrected chi connectivity index (χ1v) is 6.18. The second-order valence-corrected chi connectivity index (χ2v) is 4.24. The molecule has 0 atom stereocenters. The van der Waals surface area contributed by atoms with Gasteiger partial charge in [0.05, 0.1) is 0 Å². The van der Waals surface area contributed by atoms with E-state index in [1.165, 1.54) is 6.07 Å². The first-order chi connectivity index (χ1) is 8.58. The third-order valence-corrected chi connectivity index (χ3v) is 2.70. The Morgan fingerprint density at radius 2 is 2.00 bits per heavy atom. The highest BCUT2D eigenvalue weighted by molar-refractivity contribution is 5.93. The number of hydrogen-bond acceptors (Lipinski definition) is 3. The Bertz CT molecular complexity index is 408. The topological polar surface area (TPSA) is 95.1 Å². The number of amides is 1. The Labute approximate surface area is 106 Å². The zero-order chi connectivity index (χ0) is 13.5. The van der Waals surface area contributed by atoms with E-state index in [0.29, 0.717) is 0 Å². The molecule has 1 aromatic rings. The molecule has 0 spiro atoms. The lowest BCUT2D eigenvalue weighted by Gasteiger charge is -2.13. The van der Waals surface area contributed by atoms with Gasteiger partial charge in [-0.15, -0.1) is 0 Å². The van der Waals surface area contributed by atoms with Crippen molar-refractivity contribution in [2.24, 2.45) is 5.92 Å². The summed E-state index contributed by atoms with van der Waals surface area (Å²) in [6, 6.07) is 1.31. The van der Waals surface area contributed by atoms with E-state index < -0.39 is 5.97 Å². The van der Waals surface area contributed by atoms with E-state index in [2.05, 4.69) is 15.5 Å². The summed E-state index contributed by atoms with van der Waals surface area (Å²) >= 11 is 0. The molecule has 18 heavy (non-hydrogen) atoms. The van der Waals surface area contributed by atoms with Crippen molar-refractivity contribution >= 4 is 17.7 Å². The minimum Gasteiger partial charge on any atom is -0.477 e. The van der Waals surface area contributed by atoms with Crippen LogP contribution in [0, 0.1) is 5.92 Å². The number of carbonyl (C=O) groups is 2. The highest BCUT2D eigenvalue weighted by Crippen LogP contribution is 2.16. The first kappa shape index (κ1) is 14.2. The van der Waals surface area contributed by atoms with Crippen molar-refractivity contribution in [3.63, 3.8) is 0 Å². The smallest absolute Gasteiger partial charge is 0.353 e. The zero-order valence-corrected chi connectivity index (χ0v) is 10.7. The van der Waals surface area contributed by atoms with Crippen LogP contribution in [0.5, 0.6) is 0 Å². The van der Waals surface area contributed by atoms with E-state index in [4.69, 9.17) is 5.11 Å². The highest BCUT2D eigenvalue weighted by atomic mass is 16.4. The molecule has 1 rings (SSSR count). The van der Waals surface area contributed by atoms with Gasteiger partial charge in [-0.25, -0.2) is 4.79 Å². The van der Waals surface area contributed by atoms with Gasteiger partial charge in [0.15, 0.2) is 5.82 Å². The standard InChI is InChI=1S/C12H19N3O3/c1-3-5-8(6-4-2)11(16)13-10-7-9(12(17)18)14-15-10/h7-8H,3-6H2,1-2H3,(H,17,18)(H2,13,14,15,16). The molecule has 0 radical (unpaired) electrons. The van der Waals surface area contributed by atoms with Crippen LogP contribution in [0.3, 0.4) is 0 Å². The lowest BCUT2D eigenvalue weighted by Crippen LogP contribution is -2.22. The Balaban J connectivity index is 2.63. The predicted molar refractivity (Wildman–Crippen MR) is 67.5 cm³/mol. The first-order valence-electron chi connectivity index (χ1n) is 6.18. The maximum Gasteiger partial charge on any atom is 0.353 e. The van der Waals surface area contributed by atoms with Crippen LogP contribution in [0.2, 0.25) is 0 Å². The molecule has 0 fully saturated rings. The van der Waals surface area contributed by atoms with Crippen molar-refractivity contribution in [2.45, 2.75) is 39.5 Å². The molecule has 6 heteroatoms. The zero-order valence-electron chi connectivity index (χ0n) is 10.7. The molecule has 100 valence electrons. The van der Waals surface area contributed by atoms with Gasteiger partial charge in [-0.05, 0) is 12.8 Å². The van der Waals surface area contributed by atoms with Crippen LogP contribution >= 0.6 is 0 Å². The fourth-order valence-corrected chi connectivity index (χ4v) is 1.83. The number of nitrogens with zero attached hydrogens (tertiary/aromatic N) is 1. The number of anilines is 1. The summed E-state index contributed by atoms with van der Waals surface area (Å²) in [6.45, 7) is 4.07. The summed E-state index contributed by atoms with van der Waals surface area (Å²) in [7, 11) is 0. The number of aromatic amines is 1. The van der Waals surface area contributed by atoms with Crippen molar-refractivity contribution < 1.29 is 14.7 Å². The maximum atomic E-state index is 12.0. The molecular formula is C12H19N3O3. The Morgan fingerprint density at radius 3 is 2.44 bits per heavy atom. The summed E-state index contributed by atoms with van der Waals surface area (Å²) in [6.07, 6.45) is 3.55. The van der Waals surface area contributed by atoms with Gasteiger partial charge in [-0.1, -0.05) is 26.7 Å². The van der Waals surface area contributed by atoms with Gasteiger partial charge in [-0.3, -0.25) is 9.89 Å². The van der Waals surface area contributed by atoms with E-state index in [9.17, 15) is 9.59 Å². The molecule has 0 unspecified atom stereocenters. The number of aromatic nitrogens is 2. The molecule has 0 saturated carbocycles. The van der Waals surface area contributed by atoms with Crippen LogP contribution in [0.4, 0.5) is 5.82 Å². The van der Waals surface area contributed by atoms with E-state index in [1.54, 1.807) is 0 Å². The van der Waals surface area contributed by atoms with Gasteiger partial charge >= 0.3 is 5.97 Å². The average molecular weight is 253 g/mol. The van der Waals surface area contributed by atoms with Gasteiger partial charge in [0.2, 0.25) is 5.91 Å². The fraction of sp³-hybridized carbons (Fsp3) is 0.583. The summed E-state index contributed by atoms with van der Waals surface area (Å²) < 4.78 is 0. The third-order valence-electron chi connectivity index (χ3n) is 2.70. The second kappa shape index (κ2) is 6.78. The van der Waals surface area contributed by atoms with Crippen molar-refractivity contribution in [1.82, 2.24) is 10.2 Å². The lowest BCUT2D eigenvalue weighted by molar-refractivity contribution is -0.120. The highest BCUT2D eigenvalue weighted by Gasteiger charge is 2.18. The summed E-state index contributed by atoms with van der Waals surface area (Å²) in [5, 5.41) is 17.5. The van der Waals surface area contributed by atoms with Gasteiger partial charge in [0, 0.05) is 12.0 Å². The van der Waals surface area contributed by atoms with Crippen LogP contribution in [0.25, 0.3) is 0 Å². The molecule has 6 nitrogen and oxygen atoms in total. The SMILES string of the molecule is CCCC(CCC)C(=O)Nc1cc(C(=O)O)[nH]n1. The van der Waals surface area contributed by atoms with Gasteiger partial charge in [0.1, 0.15) is 5.69 Å². The number of carbonyl (C=O) groups excluding carboxylic acids is 1. The van der Waals surface area contributed by atoms with Gasteiger partial charge in [0.25, 0.3) is 0 Å². The van der Waals surface area contributed by atoms with E-state index in [-0.39, 0.29) is 23.3 Å². The number of carboxylic acid groups (broad SMARTS) is 1. The van der Waals surface area contributed by atoms with E-state index in [1.807, 2.05) is 13.8 Å². The van der Waals surface area contributed by atoms with E-state index >= 15 is 0 Å². The van der Waals surface area contributed by atoms with Crippen LogP contribution in [0.15, 0.2) is 6.07 Å². The van der Waals surface area contributed by atoms with Gasteiger partial charge in [-0.2, -0.15) is 5.10 Å². The number of aromatic carboxylic acids is 1. The normalized spacial score (nSPS) is 10.6. The number of nitrogens with one attached hydrogen (secondary N) is 2. The fourth-order valence-electron chi connectivity index (χ4n) is 1.83. The quantitative estimate of drug-likeness (QED) is 0.694. The minimum atomic E-state index is -1.10. The summed E-state index contributed by atoms with van der Waals surface area (Å²) in [5.41, 5.74) is -0.0344. The van der Waals surface area contributed by atoms with Crippen molar-refractivity contribution in [2.75, 3.05) is 5.32 Å². The molecule has 1 heterocycles. The largest absolute Gasteiger partial charge is 0.477 e. The van der Waals surface area contributed by atoms with Crippen molar-refractivity contribution in [1.29, 1.82) is 0 Å². The molecule has 0 aliphatic heterocycles. The van der Waals surface area contributed by atoms with Gasteiger partial charge < -0.3 is 10.4 Å². The Morgan fingerprint density at radius 1 is 1.39 bits per heavy atom. The second-order valence-electron chi connectivity index (χ2n) is 4.24. The molecule has 1 amide bonds. The Kier molecular flexibility index (Phi) is 5.35. The molecule has 0 bridgehead atoms. The lowest BCUT2D eigenvalue weighted by atomic mass is 9.97. The molecule has 1 aromatic heterocycles. The predicted octanol–water partition coefficient (Wildman–Crippen LogP) is 2.26. The molecule has 0 aromatic carbocycles. The monoisotopic (exact) mass is 253 g/mol. The molecule has 0 aliphatic rings. The van der Waals surface area contributed by atoms with Crippen molar-refractivity contribution in [3.05, 3.63) is 11.8 Å². The number of carboxylic acids is 1. The number of hydrogen-bond donors (Lipinski definition) is 3. The summed E-state index contributed by atoms with van der Waals surface area (Å²) in [4.78, 5) is 22.6.